The summed E-state index contributed by atoms with van der Waals surface area (Å²) in [7, 11) is 1.62. The van der Waals surface area contributed by atoms with Crippen molar-refractivity contribution in [3.8, 4) is 11.5 Å². The van der Waals surface area contributed by atoms with Crippen molar-refractivity contribution in [2.45, 2.75) is 13.0 Å². The molecule has 1 aliphatic rings. The largest absolute Gasteiger partial charge is 0.497 e. The number of nitrogen functional groups attached to an aromatic ring is 1. The molecule has 1 atom stereocenters. The van der Waals surface area contributed by atoms with E-state index in [2.05, 4.69) is 11.8 Å². The first-order valence-corrected chi connectivity index (χ1v) is 6.63. The highest BCUT2D eigenvalue weighted by molar-refractivity contribution is 5.55. The molecule has 0 amide bonds. The fourth-order valence-electron chi connectivity index (χ4n) is 2.12. The van der Waals surface area contributed by atoms with Crippen molar-refractivity contribution < 1.29 is 14.2 Å². The molecule has 0 bridgehead atoms. The van der Waals surface area contributed by atoms with E-state index in [1.54, 1.807) is 19.2 Å². The molecule has 2 N–H and O–H groups in total. The Balaban J connectivity index is 1.91. The molecule has 5 heteroatoms. The molecule has 0 aromatic heterocycles. The molecule has 1 aromatic rings. The topological polar surface area (TPSA) is 57.0 Å². The SMILES string of the molecule is CCN1CCOC(COc2cc(OC)ccc2N)C1. The summed E-state index contributed by atoms with van der Waals surface area (Å²) in [5.74, 6) is 1.39. The quantitative estimate of drug-likeness (QED) is 0.816. The van der Waals surface area contributed by atoms with Gasteiger partial charge in [-0.25, -0.2) is 0 Å². The number of hydrogen-bond donors (Lipinski definition) is 1. The van der Waals surface area contributed by atoms with E-state index in [9.17, 15) is 0 Å². The van der Waals surface area contributed by atoms with Gasteiger partial charge in [-0.05, 0) is 18.7 Å². The van der Waals surface area contributed by atoms with Crippen molar-refractivity contribution in [1.82, 2.24) is 4.90 Å². The number of nitrogens with zero attached hydrogens (tertiary/aromatic N) is 1. The Hall–Kier alpha value is -1.46. The molecule has 1 aliphatic heterocycles. The predicted molar refractivity (Wildman–Crippen MR) is 74.8 cm³/mol. The van der Waals surface area contributed by atoms with Gasteiger partial charge < -0.3 is 19.9 Å². The Morgan fingerprint density at radius 2 is 2.32 bits per heavy atom. The van der Waals surface area contributed by atoms with Crippen molar-refractivity contribution in [3.63, 3.8) is 0 Å². The van der Waals surface area contributed by atoms with Crippen LogP contribution in [0.15, 0.2) is 18.2 Å². The summed E-state index contributed by atoms with van der Waals surface area (Å²) < 4.78 is 16.6. The average Bonchev–Trinajstić information content (AvgIpc) is 2.46. The zero-order chi connectivity index (χ0) is 13.7. The van der Waals surface area contributed by atoms with E-state index in [1.165, 1.54) is 0 Å². The Bertz CT molecular complexity index is 412. The van der Waals surface area contributed by atoms with Gasteiger partial charge in [0.05, 0.1) is 19.4 Å². The Labute approximate surface area is 114 Å². The second-order valence-electron chi connectivity index (χ2n) is 4.60. The van der Waals surface area contributed by atoms with Gasteiger partial charge in [0, 0.05) is 19.2 Å². The lowest BCUT2D eigenvalue weighted by molar-refractivity contribution is -0.0463. The number of hydrogen-bond acceptors (Lipinski definition) is 5. The fraction of sp³-hybridized carbons (Fsp3) is 0.571. The summed E-state index contributed by atoms with van der Waals surface area (Å²) in [6, 6.07) is 5.40. The minimum absolute atomic E-state index is 0.0966. The van der Waals surface area contributed by atoms with E-state index >= 15 is 0 Å². The van der Waals surface area contributed by atoms with Gasteiger partial charge in [0.1, 0.15) is 24.2 Å². The Morgan fingerprint density at radius 1 is 1.47 bits per heavy atom. The summed E-state index contributed by atoms with van der Waals surface area (Å²) in [6.07, 6.45) is 0.0966. The standard InChI is InChI=1S/C14H22N2O3/c1-3-16-6-7-18-12(9-16)10-19-14-8-11(17-2)4-5-13(14)15/h4-5,8,12H,3,6-7,9-10,15H2,1-2H3. The zero-order valence-corrected chi connectivity index (χ0v) is 11.6. The number of likely N-dealkylation sites (N-methyl/N-ethyl adjacent to an activating group) is 1. The van der Waals surface area contributed by atoms with Gasteiger partial charge in [-0.2, -0.15) is 0 Å². The molecule has 0 aliphatic carbocycles. The van der Waals surface area contributed by atoms with Gasteiger partial charge in [0.2, 0.25) is 0 Å². The molecular formula is C14H22N2O3. The van der Waals surface area contributed by atoms with Crippen LogP contribution in [0.25, 0.3) is 0 Å². The van der Waals surface area contributed by atoms with Gasteiger partial charge in [0.25, 0.3) is 0 Å². The number of morpholine rings is 1. The summed E-state index contributed by atoms with van der Waals surface area (Å²) >= 11 is 0. The van der Waals surface area contributed by atoms with Gasteiger partial charge >= 0.3 is 0 Å². The summed E-state index contributed by atoms with van der Waals surface area (Å²) in [6.45, 7) is 6.36. The first kappa shape index (κ1) is 14.0. The smallest absolute Gasteiger partial charge is 0.146 e. The van der Waals surface area contributed by atoms with Crippen molar-refractivity contribution in [2.24, 2.45) is 0 Å². The van der Waals surface area contributed by atoms with Crippen molar-refractivity contribution >= 4 is 5.69 Å². The molecule has 0 spiro atoms. The third-order valence-electron chi connectivity index (χ3n) is 3.32. The van der Waals surface area contributed by atoms with Crippen LogP contribution in [0.2, 0.25) is 0 Å². The highest BCUT2D eigenvalue weighted by atomic mass is 16.5. The van der Waals surface area contributed by atoms with Crippen LogP contribution in [-0.4, -0.2) is 51.0 Å². The van der Waals surface area contributed by atoms with Gasteiger partial charge in [-0.1, -0.05) is 6.92 Å². The first-order chi connectivity index (χ1) is 9.22. The first-order valence-electron chi connectivity index (χ1n) is 6.63. The van der Waals surface area contributed by atoms with E-state index in [1.807, 2.05) is 6.07 Å². The zero-order valence-electron chi connectivity index (χ0n) is 11.6. The molecule has 2 rings (SSSR count). The minimum atomic E-state index is 0.0966. The summed E-state index contributed by atoms with van der Waals surface area (Å²) in [4.78, 5) is 2.35. The summed E-state index contributed by atoms with van der Waals surface area (Å²) in [5, 5.41) is 0. The lowest BCUT2D eigenvalue weighted by atomic mass is 10.2. The Kier molecular flexibility index (Phi) is 4.87. The molecule has 1 fully saturated rings. The lowest BCUT2D eigenvalue weighted by Crippen LogP contribution is -2.44. The van der Waals surface area contributed by atoms with E-state index < -0.39 is 0 Å². The number of ether oxygens (including phenoxy) is 3. The van der Waals surface area contributed by atoms with Crippen molar-refractivity contribution in [3.05, 3.63) is 18.2 Å². The van der Waals surface area contributed by atoms with Crippen molar-refractivity contribution in [2.75, 3.05) is 45.7 Å². The lowest BCUT2D eigenvalue weighted by Gasteiger charge is -2.31. The molecule has 1 heterocycles. The maximum absolute atomic E-state index is 5.88. The number of nitrogens with two attached hydrogens (primary N) is 1. The third-order valence-corrected chi connectivity index (χ3v) is 3.32. The van der Waals surface area contributed by atoms with Crippen LogP contribution in [0.3, 0.4) is 0 Å². The maximum Gasteiger partial charge on any atom is 0.146 e. The normalized spacial score (nSPS) is 20.2. The highest BCUT2D eigenvalue weighted by Crippen LogP contribution is 2.27. The van der Waals surface area contributed by atoms with E-state index in [4.69, 9.17) is 19.9 Å². The summed E-state index contributed by atoms with van der Waals surface area (Å²) in [5.41, 5.74) is 6.50. The molecule has 1 saturated heterocycles. The van der Waals surface area contributed by atoms with Crippen LogP contribution in [0.5, 0.6) is 11.5 Å². The molecule has 1 unspecified atom stereocenters. The molecule has 1 aromatic carbocycles. The van der Waals surface area contributed by atoms with Gasteiger partial charge in [-0.3, -0.25) is 4.90 Å². The fourth-order valence-corrected chi connectivity index (χ4v) is 2.12. The van der Waals surface area contributed by atoms with Crippen LogP contribution in [0.4, 0.5) is 5.69 Å². The molecule has 0 radical (unpaired) electrons. The van der Waals surface area contributed by atoms with Crippen LogP contribution in [0.1, 0.15) is 6.92 Å². The predicted octanol–water partition coefficient (Wildman–Crippen LogP) is 1.38. The number of methoxy groups -OCH3 is 1. The highest BCUT2D eigenvalue weighted by Gasteiger charge is 2.20. The number of rotatable bonds is 5. The van der Waals surface area contributed by atoms with E-state index in [0.717, 1.165) is 32.0 Å². The maximum atomic E-state index is 5.88. The molecule has 19 heavy (non-hydrogen) atoms. The molecule has 0 saturated carbocycles. The van der Waals surface area contributed by atoms with Gasteiger partial charge in [0.15, 0.2) is 0 Å². The Morgan fingerprint density at radius 3 is 3.05 bits per heavy atom. The third kappa shape index (κ3) is 3.75. The second-order valence-corrected chi connectivity index (χ2v) is 4.60. The van der Waals surface area contributed by atoms with Crippen molar-refractivity contribution in [1.29, 1.82) is 0 Å². The van der Waals surface area contributed by atoms with Crippen LogP contribution in [-0.2, 0) is 4.74 Å². The molecule has 5 nitrogen and oxygen atoms in total. The molecule has 106 valence electrons. The monoisotopic (exact) mass is 266 g/mol. The second kappa shape index (κ2) is 6.63. The number of benzene rings is 1. The van der Waals surface area contributed by atoms with Crippen LogP contribution < -0.4 is 15.2 Å². The number of anilines is 1. The molecular weight excluding hydrogens is 244 g/mol. The van der Waals surface area contributed by atoms with Gasteiger partial charge in [-0.15, -0.1) is 0 Å². The average molecular weight is 266 g/mol. The minimum Gasteiger partial charge on any atom is -0.497 e. The van der Waals surface area contributed by atoms with E-state index in [-0.39, 0.29) is 6.10 Å². The van der Waals surface area contributed by atoms with E-state index in [0.29, 0.717) is 18.0 Å². The van der Waals surface area contributed by atoms with Crippen LogP contribution in [0, 0.1) is 0 Å². The van der Waals surface area contributed by atoms with Crippen LogP contribution >= 0.6 is 0 Å².